The third-order valence-corrected chi connectivity index (χ3v) is 4.79. The van der Waals surface area contributed by atoms with Crippen molar-refractivity contribution in [3.63, 3.8) is 0 Å². The fraction of sp³-hybridized carbons (Fsp3) is 0.667. The van der Waals surface area contributed by atoms with Gasteiger partial charge in [0.25, 0.3) is 0 Å². The SMILES string of the molecule is CCCNC1c2ccc(OC)cc2CCC1OC1CCC1. The standard InChI is InChI=1S/C18H27NO2/c1-3-11-19-18-16-9-8-15(20-2)12-13(16)7-10-17(18)21-14-5-4-6-14/h8-9,12,14,17-19H,3-7,10-11H2,1-2H3. The molecule has 2 unspecified atom stereocenters. The molecule has 1 N–H and O–H groups in total. The van der Waals surface area contributed by atoms with Crippen LogP contribution in [0, 0.1) is 0 Å². The van der Waals surface area contributed by atoms with Crippen molar-refractivity contribution in [1.29, 1.82) is 0 Å². The Morgan fingerprint density at radius 1 is 1.24 bits per heavy atom. The lowest BCUT2D eigenvalue weighted by atomic mass is 9.84. The zero-order valence-corrected chi connectivity index (χ0v) is 13.2. The largest absolute Gasteiger partial charge is 0.497 e. The summed E-state index contributed by atoms with van der Waals surface area (Å²) in [5.41, 5.74) is 2.82. The van der Waals surface area contributed by atoms with Crippen molar-refractivity contribution in [2.75, 3.05) is 13.7 Å². The van der Waals surface area contributed by atoms with E-state index in [1.807, 2.05) is 0 Å². The third kappa shape index (κ3) is 3.24. The van der Waals surface area contributed by atoms with Gasteiger partial charge in [-0.3, -0.25) is 0 Å². The first-order valence-corrected chi connectivity index (χ1v) is 8.37. The van der Waals surface area contributed by atoms with Gasteiger partial charge in [-0.25, -0.2) is 0 Å². The fourth-order valence-corrected chi connectivity index (χ4v) is 3.34. The van der Waals surface area contributed by atoms with E-state index in [1.165, 1.54) is 30.4 Å². The second-order valence-electron chi connectivity index (χ2n) is 6.26. The van der Waals surface area contributed by atoms with E-state index in [2.05, 4.69) is 30.4 Å². The molecular formula is C18H27NO2. The Morgan fingerprint density at radius 3 is 2.76 bits per heavy atom. The summed E-state index contributed by atoms with van der Waals surface area (Å²) < 4.78 is 11.7. The van der Waals surface area contributed by atoms with Gasteiger partial charge in [-0.2, -0.15) is 0 Å². The van der Waals surface area contributed by atoms with Crippen molar-refractivity contribution < 1.29 is 9.47 Å². The molecule has 0 amide bonds. The number of benzene rings is 1. The van der Waals surface area contributed by atoms with Gasteiger partial charge in [0.1, 0.15) is 5.75 Å². The Hall–Kier alpha value is -1.06. The summed E-state index contributed by atoms with van der Waals surface area (Å²) in [7, 11) is 1.74. The van der Waals surface area contributed by atoms with Crippen LogP contribution in [0.3, 0.4) is 0 Å². The van der Waals surface area contributed by atoms with Crippen molar-refractivity contribution in [1.82, 2.24) is 5.32 Å². The number of rotatable bonds is 6. The van der Waals surface area contributed by atoms with Crippen LogP contribution in [0.25, 0.3) is 0 Å². The normalized spacial score (nSPS) is 25.2. The summed E-state index contributed by atoms with van der Waals surface area (Å²) in [5.74, 6) is 0.960. The summed E-state index contributed by atoms with van der Waals surface area (Å²) in [4.78, 5) is 0. The summed E-state index contributed by atoms with van der Waals surface area (Å²) in [6.45, 7) is 3.26. The minimum Gasteiger partial charge on any atom is -0.497 e. The zero-order chi connectivity index (χ0) is 14.7. The lowest BCUT2D eigenvalue weighted by molar-refractivity contribution is -0.0727. The number of hydrogen-bond acceptors (Lipinski definition) is 3. The van der Waals surface area contributed by atoms with Crippen molar-refractivity contribution in [2.24, 2.45) is 0 Å². The molecular weight excluding hydrogens is 262 g/mol. The minimum atomic E-state index is 0.322. The van der Waals surface area contributed by atoms with E-state index in [0.29, 0.717) is 18.2 Å². The van der Waals surface area contributed by atoms with Crippen LogP contribution in [-0.4, -0.2) is 25.9 Å². The van der Waals surface area contributed by atoms with Crippen LogP contribution in [0.2, 0.25) is 0 Å². The number of ether oxygens (including phenoxy) is 2. The molecule has 2 aliphatic rings. The first-order valence-electron chi connectivity index (χ1n) is 8.37. The molecule has 0 bridgehead atoms. The molecule has 0 heterocycles. The van der Waals surface area contributed by atoms with Gasteiger partial charge in [-0.15, -0.1) is 0 Å². The highest BCUT2D eigenvalue weighted by Gasteiger charge is 2.33. The van der Waals surface area contributed by atoms with Gasteiger partial charge in [0.15, 0.2) is 0 Å². The van der Waals surface area contributed by atoms with Crippen LogP contribution in [-0.2, 0) is 11.2 Å². The Balaban J connectivity index is 1.79. The van der Waals surface area contributed by atoms with Gasteiger partial charge in [-0.1, -0.05) is 13.0 Å². The monoisotopic (exact) mass is 289 g/mol. The van der Waals surface area contributed by atoms with Crippen LogP contribution in [0.15, 0.2) is 18.2 Å². The molecule has 1 aromatic carbocycles. The van der Waals surface area contributed by atoms with E-state index in [4.69, 9.17) is 9.47 Å². The van der Waals surface area contributed by atoms with Gasteiger partial charge in [0, 0.05) is 0 Å². The van der Waals surface area contributed by atoms with Gasteiger partial charge < -0.3 is 14.8 Å². The fourth-order valence-electron chi connectivity index (χ4n) is 3.34. The van der Waals surface area contributed by atoms with Gasteiger partial charge >= 0.3 is 0 Å². The average molecular weight is 289 g/mol. The molecule has 0 spiro atoms. The van der Waals surface area contributed by atoms with Crippen LogP contribution in [0.4, 0.5) is 0 Å². The van der Waals surface area contributed by atoms with Crippen LogP contribution >= 0.6 is 0 Å². The van der Waals surface area contributed by atoms with Crippen LogP contribution < -0.4 is 10.1 Å². The predicted octanol–water partition coefficient (Wildman–Crippen LogP) is 3.62. The van der Waals surface area contributed by atoms with Gasteiger partial charge in [-0.05, 0) is 68.3 Å². The molecule has 0 saturated heterocycles. The molecule has 0 aliphatic heterocycles. The molecule has 0 radical (unpaired) electrons. The van der Waals surface area contributed by atoms with E-state index in [0.717, 1.165) is 31.6 Å². The molecule has 21 heavy (non-hydrogen) atoms. The number of fused-ring (bicyclic) bond motifs is 1. The van der Waals surface area contributed by atoms with E-state index in [-0.39, 0.29) is 0 Å². The highest BCUT2D eigenvalue weighted by molar-refractivity contribution is 5.40. The molecule has 2 atom stereocenters. The first kappa shape index (κ1) is 14.9. The highest BCUT2D eigenvalue weighted by atomic mass is 16.5. The second-order valence-corrected chi connectivity index (χ2v) is 6.26. The summed E-state index contributed by atoms with van der Waals surface area (Å²) >= 11 is 0. The number of methoxy groups -OCH3 is 1. The molecule has 1 aromatic rings. The summed E-state index contributed by atoms with van der Waals surface area (Å²) in [6.07, 6.45) is 7.99. The topological polar surface area (TPSA) is 30.5 Å². The van der Waals surface area contributed by atoms with Crippen LogP contribution in [0.5, 0.6) is 5.75 Å². The van der Waals surface area contributed by atoms with E-state index >= 15 is 0 Å². The second kappa shape index (κ2) is 6.80. The summed E-state index contributed by atoms with van der Waals surface area (Å²) in [6, 6.07) is 6.82. The van der Waals surface area contributed by atoms with Gasteiger partial charge in [0.2, 0.25) is 0 Å². The van der Waals surface area contributed by atoms with E-state index < -0.39 is 0 Å². The highest BCUT2D eigenvalue weighted by Crippen LogP contribution is 2.36. The molecule has 1 saturated carbocycles. The Bertz CT molecular complexity index is 470. The summed E-state index contributed by atoms with van der Waals surface area (Å²) in [5, 5.41) is 3.70. The maximum Gasteiger partial charge on any atom is 0.119 e. The van der Waals surface area contributed by atoms with E-state index in [9.17, 15) is 0 Å². The van der Waals surface area contributed by atoms with E-state index in [1.54, 1.807) is 7.11 Å². The first-order chi connectivity index (χ1) is 10.3. The average Bonchev–Trinajstić information content (AvgIpc) is 2.48. The lowest BCUT2D eigenvalue weighted by Gasteiger charge is -2.39. The maximum atomic E-state index is 6.36. The van der Waals surface area contributed by atoms with Crippen molar-refractivity contribution >= 4 is 0 Å². The molecule has 2 aliphatic carbocycles. The quantitative estimate of drug-likeness (QED) is 0.867. The van der Waals surface area contributed by atoms with Crippen molar-refractivity contribution in [3.8, 4) is 5.75 Å². The molecule has 1 fully saturated rings. The van der Waals surface area contributed by atoms with Gasteiger partial charge in [0.05, 0.1) is 25.4 Å². The lowest BCUT2D eigenvalue weighted by Crippen LogP contribution is -2.41. The predicted molar refractivity (Wildman–Crippen MR) is 84.9 cm³/mol. The maximum absolute atomic E-state index is 6.36. The number of nitrogens with one attached hydrogen (secondary N) is 1. The Morgan fingerprint density at radius 2 is 2.10 bits per heavy atom. The molecule has 3 nitrogen and oxygen atoms in total. The van der Waals surface area contributed by atoms with Crippen LogP contribution in [0.1, 0.15) is 56.2 Å². The van der Waals surface area contributed by atoms with Crippen molar-refractivity contribution in [3.05, 3.63) is 29.3 Å². The molecule has 3 heteroatoms. The zero-order valence-electron chi connectivity index (χ0n) is 13.2. The number of hydrogen-bond donors (Lipinski definition) is 1. The third-order valence-electron chi connectivity index (χ3n) is 4.79. The molecule has 0 aromatic heterocycles. The number of aryl methyl sites for hydroxylation is 1. The molecule has 3 rings (SSSR count). The minimum absolute atomic E-state index is 0.322. The van der Waals surface area contributed by atoms with Crippen molar-refractivity contribution in [2.45, 2.75) is 63.7 Å². The smallest absolute Gasteiger partial charge is 0.119 e. The Kier molecular flexibility index (Phi) is 4.81. The molecule has 116 valence electrons. The Labute approximate surface area is 128 Å².